The van der Waals surface area contributed by atoms with Crippen LogP contribution in [-0.2, 0) is 35.5 Å². The molecule has 9 heteroatoms. The molecule has 0 saturated carbocycles. The summed E-state index contributed by atoms with van der Waals surface area (Å²) in [5.74, 6) is 0.874. The lowest BCUT2D eigenvalue weighted by atomic mass is 10.0. The molecule has 0 bridgehead atoms. The van der Waals surface area contributed by atoms with Gasteiger partial charge in [-0.3, -0.25) is 14.4 Å². The fourth-order valence-electron chi connectivity index (χ4n) is 3.98. The summed E-state index contributed by atoms with van der Waals surface area (Å²) >= 11 is 1.46. The number of anilines is 1. The van der Waals surface area contributed by atoms with Crippen LogP contribution in [0.15, 0.2) is 12.4 Å². The quantitative estimate of drug-likeness (QED) is 0.759. The second-order valence-corrected chi connectivity index (χ2v) is 8.59. The van der Waals surface area contributed by atoms with Crippen molar-refractivity contribution >= 4 is 34.1 Å². The van der Waals surface area contributed by atoms with Crippen molar-refractivity contribution in [2.75, 3.05) is 32.1 Å². The molecule has 2 aromatic heterocycles. The molecular formula is C20H25N5O3S. The number of imidazole rings is 1. The Balaban J connectivity index is 1.51. The molecular weight excluding hydrogens is 390 g/mol. The Morgan fingerprint density at radius 3 is 2.79 bits per heavy atom. The van der Waals surface area contributed by atoms with Gasteiger partial charge in [-0.2, -0.15) is 0 Å². The molecule has 2 aliphatic heterocycles. The molecule has 0 aromatic carbocycles. The minimum Gasteiger partial charge on any atom is -0.337 e. The summed E-state index contributed by atoms with van der Waals surface area (Å²) < 4.78 is 2.02. The average Bonchev–Trinajstić information content (AvgIpc) is 3.32. The number of thiophene rings is 1. The summed E-state index contributed by atoms with van der Waals surface area (Å²) in [5.41, 5.74) is 1.63. The lowest BCUT2D eigenvalue weighted by Gasteiger charge is -2.28. The first-order valence-electron chi connectivity index (χ1n) is 9.85. The molecule has 154 valence electrons. The maximum Gasteiger partial charge on any atom is 0.257 e. The van der Waals surface area contributed by atoms with Gasteiger partial charge in [-0.1, -0.05) is 6.92 Å². The number of likely N-dealkylation sites (N-methyl/N-ethyl adjacent to an activating group) is 2. The molecule has 0 aliphatic carbocycles. The van der Waals surface area contributed by atoms with Gasteiger partial charge >= 0.3 is 0 Å². The largest absolute Gasteiger partial charge is 0.337 e. The van der Waals surface area contributed by atoms with Gasteiger partial charge < -0.3 is 19.3 Å². The van der Waals surface area contributed by atoms with Crippen molar-refractivity contribution < 1.29 is 14.4 Å². The molecule has 0 fully saturated rings. The van der Waals surface area contributed by atoms with E-state index in [4.69, 9.17) is 0 Å². The predicted octanol–water partition coefficient (Wildman–Crippen LogP) is 1.53. The van der Waals surface area contributed by atoms with E-state index in [0.29, 0.717) is 43.0 Å². The molecule has 0 N–H and O–H groups in total. The highest BCUT2D eigenvalue weighted by Gasteiger charge is 2.36. The monoisotopic (exact) mass is 415 g/mol. The van der Waals surface area contributed by atoms with E-state index in [2.05, 4.69) is 4.98 Å². The number of aromatic nitrogens is 2. The minimum absolute atomic E-state index is 0.0874. The van der Waals surface area contributed by atoms with Crippen LogP contribution in [0.3, 0.4) is 0 Å². The van der Waals surface area contributed by atoms with Crippen LogP contribution in [0.5, 0.6) is 0 Å². The van der Waals surface area contributed by atoms with E-state index in [0.717, 1.165) is 22.7 Å². The zero-order valence-corrected chi connectivity index (χ0v) is 17.8. The molecule has 0 unspecified atom stereocenters. The van der Waals surface area contributed by atoms with Crippen LogP contribution >= 0.6 is 11.3 Å². The summed E-state index contributed by atoms with van der Waals surface area (Å²) in [4.78, 5) is 48.2. The van der Waals surface area contributed by atoms with Crippen molar-refractivity contribution in [3.63, 3.8) is 0 Å². The second-order valence-electron chi connectivity index (χ2n) is 7.50. The van der Waals surface area contributed by atoms with Gasteiger partial charge in [0.05, 0.1) is 12.1 Å². The van der Waals surface area contributed by atoms with Crippen molar-refractivity contribution in [3.05, 3.63) is 34.2 Å². The molecule has 0 saturated heterocycles. The highest BCUT2D eigenvalue weighted by atomic mass is 32.1. The number of hydrogen-bond donors (Lipinski definition) is 0. The van der Waals surface area contributed by atoms with Crippen LogP contribution in [0, 0.1) is 0 Å². The number of aryl methyl sites for hydroxylation is 2. The Hall–Kier alpha value is -2.68. The van der Waals surface area contributed by atoms with E-state index >= 15 is 0 Å². The number of hydrogen-bond acceptors (Lipinski definition) is 5. The standard InChI is InChI=1S/C20H25N5O3S/c1-4-15-21-7-10-24(15)9-6-16(26)25-8-5-13-14(11-25)29-20-18(13)19(28)22(2)12-17(27)23(20)3/h7,10H,4-6,8-9,11-12H2,1-3H3. The first kappa shape index (κ1) is 19.6. The fourth-order valence-corrected chi connectivity index (χ4v) is 5.31. The number of carbonyl (C=O) groups is 3. The summed E-state index contributed by atoms with van der Waals surface area (Å²) in [7, 11) is 3.38. The van der Waals surface area contributed by atoms with Gasteiger partial charge in [0, 0.05) is 57.3 Å². The van der Waals surface area contributed by atoms with E-state index in [-0.39, 0.29) is 24.3 Å². The topological polar surface area (TPSA) is 78.8 Å². The average molecular weight is 416 g/mol. The normalized spacial score (nSPS) is 16.7. The molecule has 0 spiro atoms. The van der Waals surface area contributed by atoms with Gasteiger partial charge in [0.1, 0.15) is 17.4 Å². The van der Waals surface area contributed by atoms with Crippen molar-refractivity contribution in [2.45, 2.75) is 39.3 Å². The van der Waals surface area contributed by atoms with E-state index in [9.17, 15) is 14.4 Å². The molecule has 0 atom stereocenters. The third-order valence-corrected chi connectivity index (χ3v) is 6.98. The van der Waals surface area contributed by atoms with Crippen LogP contribution in [-0.4, -0.2) is 64.3 Å². The molecule has 0 radical (unpaired) electrons. The number of fused-ring (bicyclic) bond motifs is 3. The molecule has 29 heavy (non-hydrogen) atoms. The molecule has 8 nitrogen and oxygen atoms in total. The summed E-state index contributed by atoms with van der Waals surface area (Å²) in [6, 6.07) is 0. The Bertz CT molecular complexity index is 979. The lowest BCUT2D eigenvalue weighted by Crippen LogP contribution is -2.37. The Morgan fingerprint density at radius 2 is 2.03 bits per heavy atom. The van der Waals surface area contributed by atoms with Gasteiger partial charge in [-0.25, -0.2) is 4.98 Å². The third-order valence-electron chi connectivity index (χ3n) is 5.69. The SMILES string of the molecule is CCc1nccn1CCC(=O)N1CCc2c(sc3c2C(=O)N(C)CC(=O)N3C)C1. The Morgan fingerprint density at radius 1 is 1.24 bits per heavy atom. The van der Waals surface area contributed by atoms with Gasteiger partial charge in [0.25, 0.3) is 5.91 Å². The van der Waals surface area contributed by atoms with E-state index in [1.807, 2.05) is 22.6 Å². The zero-order chi connectivity index (χ0) is 20.7. The molecule has 3 amide bonds. The molecule has 4 rings (SSSR count). The second kappa shape index (κ2) is 7.62. The predicted molar refractivity (Wildman–Crippen MR) is 110 cm³/mol. The van der Waals surface area contributed by atoms with Crippen LogP contribution in [0.1, 0.15) is 40.0 Å². The maximum atomic E-state index is 12.8. The zero-order valence-electron chi connectivity index (χ0n) is 17.0. The fraction of sp³-hybridized carbons (Fsp3) is 0.500. The first-order valence-corrected chi connectivity index (χ1v) is 10.7. The van der Waals surface area contributed by atoms with Crippen LogP contribution < -0.4 is 4.90 Å². The van der Waals surface area contributed by atoms with Gasteiger partial charge in [0.15, 0.2) is 0 Å². The van der Waals surface area contributed by atoms with Crippen molar-refractivity contribution in [1.29, 1.82) is 0 Å². The van der Waals surface area contributed by atoms with Crippen molar-refractivity contribution in [2.24, 2.45) is 0 Å². The third kappa shape index (κ3) is 3.43. The van der Waals surface area contributed by atoms with E-state index in [1.165, 1.54) is 16.2 Å². The molecule has 4 heterocycles. The van der Waals surface area contributed by atoms with Gasteiger partial charge in [0.2, 0.25) is 11.8 Å². The van der Waals surface area contributed by atoms with Crippen molar-refractivity contribution in [3.8, 4) is 0 Å². The summed E-state index contributed by atoms with van der Waals surface area (Å²) in [5, 5.41) is 0.703. The highest BCUT2D eigenvalue weighted by Crippen LogP contribution is 2.40. The molecule has 2 aromatic rings. The minimum atomic E-state index is -0.109. The number of amides is 3. The van der Waals surface area contributed by atoms with E-state index in [1.54, 1.807) is 25.2 Å². The Kier molecular flexibility index (Phi) is 5.16. The van der Waals surface area contributed by atoms with Crippen molar-refractivity contribution in [1.82, 2.24) is 19.4 Å². The van der Waals surface area contributed by atoms with Gasteiger partial charge in [-0.05, 0) is 12.0 Å². The Labute approximate surface area is 173 Å². The highest BCUT2D eigenvalue weighted by molar-refractivity contribution is 7.17. The lowest BCUT2D eigenvalue weighted by molar-refractivity contribution is -0.132. The van der Waals surface area contributed by atoms with E-state index < -0.39 is 0 Å². The summed E-state index contributed by atoms with van der Waals surface area (Å²) in [6.45, 7) is 3.84. The van der Waals surface area contributed by atoms with Crippen LogP contribution in [0.2, 0.25) is 0 Å². The summed E-state index contributed by atoms with van der Waals surface area (Å²) in [6.07, 6.45) is 5.57. The van der Waals surface area contributed by atoms with Crippen LogP contribution in [0.4, 0.5) is 5.00 Å². The van der Waals surface area contributed by atoms with Crippen LogP contribution in [0.25, 0.3) is 0 Å². The number of rotatable bonds is 4. The first-order chi connectivity index (χ1) is 13.9. The number of carbonyl (C=O) groups excluding carboxylic acids is 3. The van der Waals surface area contributed by atoms with Gasteiger partial charge in [-0.15, -0.1) is 11.3 Å². The molecule has 2 aliphatic rings. The maximum absolute atomic E-state index is 12.8. The number of nitrogens with zero attached hydrogens (tertiary/aromatic N) is 5. The smallest absolute Gasteiger partial charge is 0.257 e.